The number of hydrogen-bond donors (Lipinski definition) is 0. The van der Waals surface area contributed by atoms with Crippen LogP contribution < -0.4 is 0 Å². The van der Waals surface area contributed by atoms with Crippen LogP contribution in [0.5, 0.6) is 0 Å². The number of Topliss-reactive ketones (excluding diaryl/α,β-unsaturated/α-hetero) is 3. The lowest BCUT2D eigenvalue weighted by atomic mass is 9.78. The number of carbonyl (C=O) groups excluding carboxylic acids is 3. The van der Waals surface area contributed by atoms with Gasteiger partial charge in [-0.3, -0.25) is 14.4 Å². The molecule has 0 bridgehead atoms. The topological polar surface area (TPSA) is 69.7 Å². The second-order valence-electron chi connectivity index (χ2n) is 13.0. The van der Waals surface area contributed by atoms with Crippen molar-refractivity contribution < 1.29 is 23.2 Å². The van der Waals surface area contributed by atoms with Crippen LogP contribution >= 0.6 is 0 Å². The fourth-order valence-electron chi connectivity index (χ4n) is 5.66. The summed E-state index contributed by atoms with van der Waals surface area (Å²) in [7, 11) is -2.83. The molecule has 192 valence electrons. The summed E-state index contributed by atoms with van der Waals surface area (Å²) in [5, 5.41) is -0.418. The molecule has 1 aliphatic rings. The highest BCUT2D eigenvalue weighted by Crippen LogP contribution is 2.57. The van der Waals surface area contributed by atoms with Gasteiger partial charge in [0.25, 0.3) is 0 Å². The van der Waals surface area contributed by atoms with Crippen LogP contribution in [0.3, 0.4) is 0 Å². The molecule has 1 rings (SSSR count). The summed E-state index contributed by atoms with van der Waals surface area (Å²) in [6.45, 7) is 28.2. The average molecular weight is 483 g/mol. The molecule has 0 saturated carbocycles. The zero-order chi connectivity index (χ0) is 26.3. The summed E-state index contributed by atoms with van der Waals surface area (Å²) in [6, 6.07) is 0. The Labute approximate surface area is 204 Å². The molecular formula is C27H50O5Si. The quantitative estimate of drug-likeness (QED) is 0.297. The fourth-order valence-corrected chi connectivity index (χ4v) is 11.0. The zero-order valence-corrected chi connectivity index (χ0v) is 24.7. The third-order valence-corrected chi connectivity index (χ3v) is 12.6. The van der Waals surface area contributed by atoms with Gasteiger partial charge in [0, 0.05) is 27.8 Å². The number of hydrogen-bond acceptors (Lipinski definition) is 5. The molecule has 6 atom stereocenters. The maximum atomic E-state index is 13.6. The summed E-state index contributed by atoms with van der Waals surface area (Å²) in [4.78, 5) is 39.0. The van der Waals surface area contributed by atoms with Gasteiger partial charge in [-0.1, -0.05) is 83.1 Å². The Bertz CT molecular complexity index is 714. The molecule has 0 aromatic rings. The van der Waals surface area contributed by atoms with Crippen molar-refractivity contribution in [2.45, 2.75) is 119 Å². The Morgan fingerprint density at radius 3 is 1.42 bits per heavy atom. The van der Waals surface area contributed by atoms with E-state index in [1.54, 1.807) is 27.7 Å². The predicted molar refractivity (Wildman–Crippen MR) is 136 cm³/mol. The normalized spacial score (nSPS) is 26.7. The van der Waals surface area contributed by atoms with Crippen molar-refractivity contribution in [1.82, 2.24) is 0 Å². The van der Waals surface area contributed by atoms with Crippen LogP contribution in [0, 0.1) is 35.5 Å². The van der Waals surface area contributed by atoms with Crippen LogP contribution in [0.15, 0.2) is 0 Å². The summed E-state index contributed by atoms with van der Waals surface area (Å²) < 4.78 is 13.9. The molecular weight excluding hydrogens is 432 g/mol. The Morgan fingerprint density at radius 2 is 1.06 bits per heavy atom. The third-order valence-electron chi connectivity index (χ3n) is 7.49. The van der Waals surface area contributed by atoms with Gasteiger partial charge in [-0.15, -0.1) is 0 Å². The van der Waals surface area contributed by atoms with Crippen LogP contribution in [0.1, 0.15) is 96.9 Å². The van der Waals surface area contributed by atoms with E-state index in [2.05, 4.69) is 62.3 Å². The average Bonchev–Trinajstić information content (AvgIpc) is 2.68. The van der Waals surface area contributed by atoms with Crippen LogP contribution in [0.25, 0.3) is 0 Å². The molecule has 0 radical (unpaired) electrons. The van der Waals surface area contributed by atoms with E-state index in [4.69, 9.17) is 8.85 Å². The van der Waals surface area contributed by atoms with E-state index in [9.17, 15) is 14.4 Å². The van der Waals surface area contributed by atoms with Crippen molar-refractivity contribution in [3.8, 4) is 0 Å². The van der Waals surface area contributed by atoms with Gasteiger partial charge in [-0.25, -0.2) is 0 Å². The van der Waals surface area contributed by atoms with E-state index >= 15 is 0 Å². The molecule has 1 aliphatic heterocycles. The Balaban J connectivity index is 3.38. The maximum absolute atomic E-state index is 13.6. The van der Waals surface area contributed by atoms with Crippen LogP contribution in [0.2, 0.25) is 10.1 Å². The van der Waals surface area contributed by atoms with E-state index in [1.807, 2.05) is 6.92 Å². The van der Waals surface area contributed by atoms with Gasteiger partial charge in [-0.05, 0) is 19.8 Å². The van der Waals surface area contributed by atoms with Crippen LogP contribution in [-0.4, -0.2) is 38.1 Å². The number of ketones is 3. The Hall–Kier alpha value is -0.853. The zero-order valence-electron chi connectivity index (χ0n) is 23.7. The van der Waals surface area contributed by atoms with Gasteiger partial charge in [0.1, 0.15) is 11.6 Å². The molecule has 0 amide bonds. The van der Waals surface area contributed by atoms with E-state index in [0.29, 0.717) is 0 Å². The third kappa shape index (κ3) is 5.87. The molecule has 33 heavy (non-hydrogen) atoms. The first-order valence-corrected chi connectivity index (χ1v) is 14.5. The highest BCUT2D eigenvalue weighted by molar-refractivity contribution is 6.73. The first kappa shape index (κ1) is 30.2. The van der Waals surface area contributed by atoms with Crippen molar-refractivity contribution in [3.05, 3.63) is 0 Å². The van der Waals surface area contributed by atoms with Gasteiger partial charge in [0.15, 0.2) is 5.78 Å². The molecule has 0 aliphatic carbocycles. The summed E-state index contributed by atoms with van der Waals surface area (Å²) in [5.41, 5.74) is 0. The highest BCUT2D eigenvalue weighted by Gasteiger charge is 2.64. The fraction of sp³-hybridized carbons (Fsp3) is 0.889. The molecule has 5 nitrogen and oxygen atoms in total. The highest BCUT2D eigenvalue weighted by atomic mass is 28.4. The van der Waals surface area contributed by atoms with E-state index < -0.39 is 26.3 Å². The van der Waals surface area contributed by atoms with Crippen molar-refractivity contribution in [2.75, 3.05) is 0 Å². The van der Waals surface area contributed by atoms with Crippen molar-refractivity contribution in [1.29, 1.82) is 0 Å². The number of carbonyl (C=O) groups is 3. The molecule has 1 heterocycles. The van der Waals surface area contributed by atoms with Crippen molar-refractivity contribution >= 4 is 25.9 Å². The molecule has 0 N–H and O–H groups in total. The molecule has 1 saturated heterocycles. The minimum absolute atomic E-state index is 0.00583. The van der Waals surface area contributed by atoms with Crippen LogP contribution in [-0.2, 0) is 23.2 Å². The first-order chi connectivity index (χ1) is 14.7. The standard InChI is InChI=1S/C27H50O5Si/c1-15(2)21(28)17(5)22(29)18(6)23(30)19(7)25-20(8)24(16(3)4)31-33(32-25,26(9,10)11)27(12,13)14/h15-20,24-25H,1-14H3/t17-,18-,19+,20-,24-,25+/m0/s1. The van der Waals surface area contributed by atoms with Gasteiger partial charge in [0.05, 0.1) is 24.0 Å². The molecule has 1 fully saturated rings. The Kier molecular flexibility index (Phi) is 9.52. The minimum Gasteiger partial charge on any atom is -0.390 e. The second-order valence-corrected chi connectivity index (χ2v) is 17.7. The van der Waals surface area contributed by atoms with Crippen molar-refractivity contribution in [3.63, 3.8) is 0 Å². The summed E-state index contributed by atoms with van der Waals surface area (Å²) in [5.74, 6) is -2.59. The monoisotopic (exact) mass is 482 g/mol. The van der Waals surface area contributed by atoms with Gasteiger partial charge >= 0.3 is 8.56 Å². The lowest BCUT2D eigenvalue weighted by molar-refractivity contribution is -0.145. The lowest BCUT2D eigenvalue weighted by Gasteiger charge is -2.58. The van der Waals surface area contributed by atoms with Crippen LogP contribution in [0.4, 0.5) is 0 Å². The number of rotatable bonds is 8. The SMILES string of the molecule is CC(C)C(=O)[C@H](C)C(=O)[C@H](C)C(=O)[C@@H](C)[C@H]1O[Si](C(C)(C)C)(C(C)(C)C)O[C@@H](C(C)C)[C@@H]1C. The smallest absolute Gasteiger partial charge is 0.349 e. The molecule has 0 aromatic carbocycles. The predicted octanol–water partition coefficient (Wildman–Crippen LogP) is 6.38. The van der Waals surface area contributed by atoms with Gasteiger partial charge < -0.3 is 8.85 Å². The maximum Gasteiger partial charge on any atom is 0.349 e. The Morgan fingerprint density at radius 1 is 0.667 bits per heavy atom. The molecule has 0 aromatic heterocycles. The van der Waals surface area contributed by atoms with E-state index in [-0.39, 0.29) is 57.4 Å². The molecule has 0 unspecified atom stereocenters. The summed E-state index contributed by atoms with van der Waals surface area (Å²) in [6.07, 6.45) is -0.369. The summed E-state index contributed by atoms with van der Waals surface area (Å²) >= 11 is 0. The van der Waals surface area contributed by atoms with Gasteiger partial charge in [0.2, 0.25) is 0 Å². The minimum atomic E-state index is -2.83. The first-order valence-electron chi connectivity index (χ1n) is 12.7. The van der Waals surface area contributed by atoms with E-state index in [0.717, 1.165) is 0 Å². The lowest BCUT2D eigenvalue weighted by Crippen LogP contribution is -2.67. The molecule has 6 heteroatoms. The van der Waals surface area contributed by atoms with Crippen molar-refractivity contribution in [2.24, 2.45) is 35.5 Å². The largest absolute Gasteiger partial charge is 0.390 e. The van der Waals surface area contributed by atoms with Gasteiger partial charge in [-0.2, -0.15) is 0 Å². The second kappa shape index (κ2) is 10.4. The van der Waals surface area contributed by atoms with E-state index in [1.165, 1.54) is 0 Å². The molecule has 0 spiro atoms.